The van der Waals surface area contributed by atoms with Crippen LogP contribution in [0.15, 0.2) is 55.0 Å². The lowest BCUT2D eigenvalue weighted by molar-refractivity contribution is 0.0889. The van der Waals surface area contributed by atoms with E-state index in [0.717, 1.165) is 59.0 Å². The lowest BCUT2D eigenvalue weighted by atomic mass is 9.86. The van der Waals surface area contributed by atoms with Gasteiger partial charge in [-0.2, -0.15) is 0 Å². The molecule has 5 rings (SSSR count). The van der Waals surface area contributed by atoms with E-state index in [9.17, 15) is 13.2 Å². The number of hydrogen-bond acceptors (Lipinski definition) is 7. The molecule has 0 spiro atoms. The molecule has 1 N–H and O–H groups in total. The summed E-state index contributed by atoms with van der Waals surface area (Å²) in [7, 11) is 1.92. The average molecular weight is 550 g/mol. The number of benzene rings is 2. The maximum absolute atomic E-state index is 13.6. The number of aromatic nitrogens is 3. The summed E-state index contributed by atoms with van der Waals surface area (Å²) < 4.78 is 33.3. The van der Waals surface area contributed by atoms with Crippen LogP contribution in [0.3, 0.4) is 0 Å². The highest BCUT2D eigenvalue weighted by molar-refractivity contribution is 7.89. The van der Waals surface area contributed by atoms with E-state index in [2.05, 4.69) is 25.7 Å². The number of ether oxygens (including phenoxy) is 1. The van der Waals surface area contributed by atoms with E-state index in [1.165, 1.54) is 13.4 Å². The molecule has 9 nitrogen and oxygen atoms in total. The number of fused-ring (bicyclic) bond motifs is 2. The number of methoxy groups -OCH3 is 1. The summed E-state index contributed by atoms with van der Waals surface area (Å²) >= 11 is 0. The largest absolute Gasteiger partial charge is 0.497 e. The molecule has 4 aromatic rings. The molecule has 0 radical (unpaired) electrons. The van der Waals surface area contributed by atoms with Gasteiger partial charge >= 0.3 is 0 Å². The summed E-state index contributed by atoms with van der Waals surface area (Å²) in [6, 6.07) is 14.1. The van der Waals surface area contributed by atoms with Crippen LogP contribution in [0.4, 0.5) is 5.82 Å². The molecule has 10 heteroatoms. The molecule has 2 heterocycles. The lowest BCUT2D eigenvalue weighted by Gasteiger charge is -2.35. The second-order valence-corrected chi connectivity index (χ2v) is 12.4. The Balaban J connectivity index is 1.34. The van der Waals surface area contributed by atoms with Crippen molar-refractivity contribution in [2.45, 2.75) is 44.6 Å². The lowest BCUT2D eigenvalue weighted by Crippen LogP contribution is -2.38. The van der Waals surface area contributed by atoms with Crippen molar-refractivity contribution in [2.24, 2.45) is 5.92 Å². The fourth-order valence-corrected chi connectivity index (χ4v) is 6.77. The maximum atomic E-state index is 13.6. The summed E-state index contributed by atoms with van der Waals surface area (Å²) in [5.41, 5.74) is 1.52. The number of nitrogens with one attached hydrogen (secondary N) is 1. The van der Waals surface area contributed by atoms with E-state index >= 15 is 0 Å². The highest BCUT2D eigenvalue weighted by Gasteiger charge is 2.29. The van der Waals surface area contributed by atoms with Crippen molar-refractivity contribution in [1.82, 2.24) is 19.3 Å². The highest BCUT2D eigenvalue weighted by atomic mass is 32.2. The number of sulfonamides is 1. The van der Waals surface area contributed by atoms with E-state index in [0.29, 0.717) is 5.65 Å². The molecule has 39 heavy (non-hydrogen) atoms. The number of nitrogens with zero attached hydrogens (tertiary/aromatic N) is 4. The van der Waals surface area contributed by atoms with Gasteiger partial charge < -0.3 is 9.64 Å². The molecule has 2 aromatic carbocycles. The fourth-order valence-electron chi connectivity index (χ4n) is 5.65. The molecule has 2 aromatic heterocycles. The van der Waals surface area contributed by atoms with Crippen LogP contribution in [0, 0.1) is 5.92 Å². The minimum Gasteiger partial charge on any atom is -0.497 e. The van der Waals surface area contributed by atoms with Crippen molar-refractivity contribution < 1.29 is 17.9 Å². The third-order valence-electron chi connectivity index (χ3n) is 8.10. The smallest absolute Gasteiger partial charge is 0.239 e. The first-order chi connectivity index (χ1) is 18.7. The Kier molecular flexibility index (Phi) is 7.59. The SMILES string of the molecule is CNS(=O)(=O)CC1CCC(N(C)c2ncnc3c2ccn3C(=O)C(C)c2ccc3cc(OC)ccc3c2)CC1. The Hall–Kier alpha value is -3.50. The van der Waals surface area contributed by atoms with Crippen LogP contribution in [-0.4, -0.2) is 61.9 Å². The Labute approximate surface area is 229 Å². The van der Waals surface area contributed by atoms with E-state index in [-0.39, 0.29) is 29.5 Å². The fraction of sp³-hybridized carbons (Fsp3) is 0.414. The number of carbonyl (C=O) groups excluding carboxylic acids is 1. The van der Waals surface area contributed by atoms with Gasteiger partial charge in [0.1, 0.15) is 17.9 Å². The molecule has 0 bridgehead atoms. The van der Waals surface area contributed by atoms with Crippen LogP contribution in [0.1, 0.15) is 48.9 Å². The summed E-state index contributed by atoms with van der Waals surface area (Å²) in [5, 5.41) is 2.93. The third kappa shape index (κ3) is 5.49. The van der Waals surface area contributed by atoms with Gasteiger partial charge in [-0.15, -0.1) is 0 Å². The Morgan fingerprint density at radius 2 is 1.82 bits per heavy atom. The van der Waals surface area contributed by atoms with Gasteiger partial charge in [0.05, 0.1) is 24.2 Å². The predicted molar refractivity (Wildman–Crippen MR) is 154 cm³/mol. The summed E-state index contributed by atoms with van der Waals surface area (Å²) in [5.74, 6) is 1.49. The van der Waals surface area contributed by atoms with Crippen molar-refractivity contribution in [3.05, 3.63) is 60.6 Å². The average Bonchev–Trinajstić information content (AvgIpc) is 3.40. The standard InChI is InChI=1S/C29H35N5O4S/c1-19(21-7-8-23-16-25(38-4)12-9-22(23)15-21)29(35)34-14-13-26-27(31-18-32-28(26)34)33(3)24-10-5-20(6-11-24)17-39(36,37)30-2/h7-9,12-16,18-20,24,30H,5-6,10-11,17H2,1-4H3. The van der Waals surface area contributed by atoms with Crippen LogP contribution in [-0.2, 0) is 10.0 Å². The van der Waals surface area contributed by atoms with Crippen molar-refractivity contribution in [1.29, 1.82) is 0 Å². The van der Waals surface area contributed by atoms with Gasteiger partial charge in [-0.25, -0.2) is 23.1 Å². The van der Waals surface area contributed by atoms with Crippen LogP contribution >= 0.6 is 0 Å². The molecule has 206 valence electrons. The first kappa shape index (κ1) is 27.1. The van der Waals surface area contributed by atoms with Gasteiger partial charge in [0.25, 0.3) is 0 Å². The zero-order chi connectivity index (χ0) is 27.7. The van der Waals surface area contributed by atoms with E-state index < -0.39 is 10.0 Å². The van der Waals surface area contributed by atoms with Gasteiger partial charge in [-0.1, -0.05) is 24.3 Å². The van der Waals surface area contributed by atoms with Crippen LogP contribution in [0.25, 0.3) is 21.8 Å². The summed E-state index contributed by atoms with van der Waals surface area (Å²) in [6.07, 6.45) is 6.75. The monoisotopic (exact) mass is 549 g/mol. The van der Waals surface area contributed by atoms with Gasteiger partial charge in [0.2, 0.25) is 15.9 Å². The summed E-state index contributed by atoms with van der Waals surface area (Å²) in [6.45, 7) is 1.92. The molecule has 1 aliphatic rings. The number of carbonyl (C=O) groups is 1. The minimum atomic E-state index is -3.21. The third-order valence-corrected chi connectivity index (χ3v) is 9.64. The Morgan fingerprint density at radius 1 is 1.10 bits per heavy atom. The number of hydrogen-bond donors (Lipinski definition) is 1. The highest BCUT2D eigenvalue weighted by Crippen LogP contribution is 2.33. The minimum absolute atomic E-state index is 0.0589. The predicted octanol–water partition coefficient (Wildman–Crippen LogP) is 4.58. The zero-order valence-electron chi connectivity index (χ0n) is 22.8. The van der Waals surface area contributed by atoms with Gasteiger partial charge in [0.15, 0.2) is 5.65 Å². The molecule has 0 amide bonds. The normalized spacial score (nSPS) is 18.8. The number of rotatable bonds is 8. The van der Waals surface area contributed by atoms with Crippen molar-refractivity contribution in [2.75, 3.05) is 31.9 Å². The van der Waals surface area contributed by atoms with Gasteiger partial charge in [-0.3, -0.25) is 9.36 Å². The Bertz CT molecular complexity index is 1610. The molecule has 1 aliphatic carbocycles. The van der Waals surface area contributed by atoms with Crippen molar-refractivity contribution in [3.8, 4) is 5.75 Å². The molecule has 1 atom stereocenters. The maximum Gasteiger partial charge on any atom is 0.239 e. The van der Waals surface area contributed by atoms with Crippen LogP contribution in [0.5, 0.6) is 5.75 Å². The topological polar surface area (TPSA) is 106 Å². The molecule has 1 fully saturated rings. The second-order valence-electron chi connectivity index (χ2n) is 10.4. The molecule has 1 unspecified atom stereocenters. The molecule has 1 saturated carbocycles. The first-order valence-corrected chi connectivity index (χ1v) is 14.9. The van der Waals surface area contributed by atoms with E-state index in [1.54, 1.807) is 17.9 Å². The van der Waals surface area contributed by atoms with E-state index in [4.69, 9.17) is 4.74 Å². The zero-order valence-corrected chi connectivity index (χ0v) is 23.6. The summed E-state index contributed by atoms with van der Waals surface area (Å²) in [4.78, 5) is 24.8. The molecular weight excluding hydrogens is 514 g/mol. The first-order valence-electron chi connectivity index (χ1n) is 13.3. The van der Waals surface area contributed by atoms with Crippen LogP contribution in [0.2, 0.25) is 0 Å². The van der Waals surface area contributed by atoms with Crippen molar-refractivity contribution >= 4 is 43.6 Å². The quantitative estimate of drug-likeness (QED) is 0.343. The second kappa shape index (κ2) is 10.9. The molecule has 0 saturated heterocycles. The molecule has 0 aliphatic heterocycles. The van der Waals surface area contributed by atoms with Gasteiger partial charge in [0, 0.05) is 19.3 Å². The van der Waals surface area contributed by atoms with E-state index in [1.807, 2.05) is 50.4 Å². The van der Waals surface area contributed by atoms with Gasteiger partial charge in [-0.05, 0) is 80.1 Å². The van der Waals surface area contributed by atoms with Crippen LogP contribution < -0.4 is 14.4 Å². The Morgan fingerprint density at radius 3 is 2.54 bits per heavy atom. The number of anilines is 1. The van der Waals surface area contributed by atoms with Crippen molar-refractivity contribution in [3.63, 3.8) is 0 Å². The molecular formula is C29H35N5O4S.